The van der Waals surface area contributed by atoms with Gasteiger partial charge in [-0.3, -0.25) is 4.79 Å². The molecule has 2 aromatic rings. The number of hydrogen-bond donors (Lipinski definition) is 2. The van der Waals surface area contributed by atoms with Crippen LogP contribution in [0.1, 0.15) is 20.8 Å². The Kier molecular flexibility index (Phi) is 3.94. The van der Waals surface area contributed by atoms with Gasteiger partial charge in [0.2, 0.25) is 0 Å². The number of rotatable bonds is 3. The van der Waals surface area contributed by atoms with Crippen molar-refractivity contribution in [3.63, 3.8) is 0 Å². The molecule has 106 valence electrons. The number of nitrogens with zero attached hydrogens (tertiary/aromatic N) is 2. The number of aryl methyl sites for hydroxylation is 2. The average molecular weight is 290 g/mol. The summed E-state index contributed by atoms with van der Waals surface area (Å²) >= 11 is 1.26. The van der Waals surface area contributed by atoms with E-state index in [4.69, 9.17) is 5.73 Å². The van der Waals surface area contributed by atoms with Crippen LogP contribution in [0.5, 0.6) is 0 Å². The van der Waals surface area contributed by atoms with E-state index < -0.39 is 0 Å². The van der Waals surface area contributed by atoms with Crippen molar-refractivity contribution in [1.82, 2.24) is 4.98 Å². The molecule has 0 atom stereocenters. The van der Waals surface area contributed by atoms with E-state index in [0.717, 1.165) is 11.3 Å². The smallest absolute Gasteiger partial charge is 0.272 e. The van der Waals surface area contributed by atoms with Crippen molar-refractivity contribution in [3.8, 4) is 0 Å². The van der Waals surface area contributed by atoms with Crippen molar-refractivity contribution in [2.45, 2.75) is 13.8 Å². The molecule has 1 aromatic carbocycles. The minimum Gasteiger partial charge on any atom is -0.382 e. The molecule has 0 aliphatic carbocycles. The third-order valence-electron chi connectivity index (χ3n) is 3.08. The Morgan fingerprint density at radius 2 is 2.10 bits per heavy atom. The minimum atomic E-state index is -0.145. The quantitative estimate of drug-likeness (QED) is 0.911. The summed E-state index contributed by atoms with van der Waals surface area (Å²) in [5.41, 5.74) is 8.90. The van der Waals surface area contributed by atoms with Crippen LogP contribution in [0.3, 0.4) is 0 Å². The maximum Gasteiger partial charge on any atom is 0.272 e. The van der Waals surface area contributed by atoms with Gasteiger partial charge in [-0.2, -0.15) is 0 Å². The molecule has 2 rings (SSSR count). The Labute approximate surface area is 122 Å². The van der Waals surface area contributed by atoms with E-state index in [-0.39, 0.29) is 11.7 Å². The van der Waals surface area contributed by atoms with Crippen LogP contribution in [-0.2, 0) is 0 Å². The number of carbonyl (C=O) groups excluding carboxylic acids is 1. The van der Waals surface area contributed by atoms with Gasteiger partial charge in [0, 0.05) is 19.8 Å². The summed E-state index contributed by atoms with van der Waals surface area (Å²) in [5, 5.41) is 3.54. The van der Waals surface area contributed by atoms with Gasteiger partial charge >= 0.3 is 0 Å². The SMILES string of the molecule is CNc1nc(N)c(C(=O)N(C)c2ccc(C)cc2C)s1. The van der Waals surface area contributed by atoms with Crippen molar-refractivity contribution < 1.29 is 4.79 Å². The summed E-state index contributed by atoms with van der Waals surface area (Å²) in [6.07, 6.45) is 0. The molecular formula is C14H18N4OS. The number of benzene rings is 1. The second-order valence-corrected chi connectivity index (χ2v) is 5.64. The van der Waals surface area contributed by atoms with Gasteiger partial charge in [-0.1, -0.05) is 29.0 Å². The molecule has 1 amide bonds. The van der Waals surface area contributed by atoms with Crippen molar-refractivity contribution in [1.29, 1.82) is 0 Å². The zero-order valence-corrected chi connectivity index (χ0v) is 12.8. The Hall–Kier alpha value is -2.08. The second kappa shape index (κ2) is 5.50. The molecule has 0 saturated heterocycles. The van der Waals surface area contributed by atoms with Gasteiger partial charge in [0.25, 0.3) is 5.91 Å². The molecule has 0 saturated carbocycles. The highest BCUT2D eigenvalue weighted by molar-refractivity contribution is 7.18. The van der Waals surface area contributed by atoms with Crippen LogP contribution >= 0.6 is 11.3 Å². The Balaban J connectivity index is 2.34. The number of carbonyl (C=O) groups is 1. The highest BCUT2D eigenvalue weighted by Crippen LogP contribution is 2.28. The first-order valence-corrected chi connectivity index (χ1v) is 7.05. The van der Waals surface area contributed by atoms with Gasteiger partial charge in [0.05, 0.1) is 0 Å². The lowest BCUT2D eigenvalue weighted by Gasteiger charge is -2.19. The number of nitrogens with two attached hydrogens (primary N) is 1. The van der Waals surface area contributed by atoms with E-state index in [1.165, 1.54) is 16.9 Å². The molecule has 20 heavy (non-hydrogen) atoms. The van der Waals surface area contributed by atoms with Gasteiger partial charge in [-0.05, 0) is 25.5 Å². The van der Waals surface area contributed by atoms with Gasteiger partial charge < -0.3 is 16.0 Å². The third-order valence-corrected chi connectivity index (χ3v) is 4.16. The molecule has 6 heteroatoms. The zero-order valence-electron chi connectivity index (χ0n) is 12.0. The fourth-order valence-corrected chi connectivity index (χ4v) is 2.85. The van der Waals surface area contributed by atoms with Crippen molar-refractivity contribution >= 4 is 33.9 Å². The molecule has 0 radical (unpaired) electrons. The third kappa shape index (κ3) is 2.60. The number of amides is 1. The Bertz CT molecular complexity index is 651. The second-order valence-electron chi connectivity index (χ2n) is 4.64. The monoisotopic (exact) mass is 290 g/mol. The fourth-order valence-electron chi connectivity index (χ4n) is 2.04. The summed E-state index contributed by atoms with van der Waals surface area (Å²) in [6, 6.07) is 5.98. The topological polar surface area (TPSA) is 71.2 Å². The normalized spacial score (nSPS) is 10.4. The largest absolute Gasteiger partial charge is 0.382 e. The molecule has 3 N–H and O–H groups in total. The van der Waals surface area contributed by atoms with Crippen molar-refractivity contribution in [2.24, 2.45) is 0 Å². The number of aromatic nitrogens is 1. The number of hydrogen-bond acceptors (Lipinski definition) is 5. The zero-order chi connectivity index (χ0) is 14.9. The lowest BCUT2D eigenvalue weighted by molar-refractivity contribution is 0.0997. The Morgan fingerprint density at radius 1 is 1.40 bits per heavy atom. The van der Waals surface area contributed by atoms with Crippen LogP contribution in [0.4, 0.5) is 16.6 Å². The predicted octanol–water partition coefficient (Wildman–Crippen LogP) is 2.66. The van der Waals surface area contributed by atoms with Crippen LogP contribution in [0.25, 0.3) is 0 Å². The first-order valence-electron chi connectivity index (χ1n) is 6.23. The lowest BCUT2D eigenvalue weighted by atomic mass is 10.1. The van der Waals surface area contributed by atoms with Crippen LogP contribution in [0, 0.1) is 13.8 Å². The summed E-state index contributed by atoms with van der Waals surface area (Å²) < 4.78 is 0. The highest BCUT2D eigenvalue weighted by Gasteiger charge is 2.21. The van der Waals surface area contributed by atoms with Crippen molar-refractivity contribution in [3.05, 3.63) is 34.2 Å². The van der Waals surface area contributed by atoms with Crippen LogP contribution in [0.15, 0.2) is 18.2 Å². The first-order chi connectivity index (χ1) is 9.43. The van der Waals surface area contributed by atoms with Crippen LogP contribution in [-0.4, -0.2) is 25.0 Å². The first kappa shape index (κ1) is 14.3. The summed E-state index contributed by atoms with van der Waals surface area (Å²) in [4.78, 5) is 18.7. The molecule has 0 aliphatic rings. The molecule has 0 fully saturated rings. The van der Waals surface area contributed by atoms with E-state index in [2.05, 4.69) is 10.3 Å². The highest BCUT2D eigenvalue weighted by atomic mass is 32.1. The fraction of sp³-hybridized carbons (Fsp3) is 0.286. The maximum absolute atomic E-state index is 12.5. The standard InChI is InChI=1S/C14H18N4OS/c1-8-5-6-10(9(2)7-8)18(4)13(19)11-12(15)17-14(16-3)20-11/h5-7H,15H2,1-4H3,(H,16,17). The van der Waals surface area contributed by atoms with E-state index >= 15 is 0 Å². The predicted molar refractivity (Wildman–Crippen MR) is 84.7 cm³/mol. The Morgan fingerprint density at radius 3 is 2.65 bits per heavy atom. The lowest BCUT2D eigenvalue weighted by Crippen LogP contribution is -2.26. The number of nitrogens with one attached hydrogen (secondary N) is 1. The molecule has 0 bridgehead atoms. The number of anilines is 3. The molecule has 1 heterocycles. The molecular weight excluding hydrogens is 272 g/mol. The van der Waals surface area contributed by atoms with E-state index in [0.29, 0.717) is 10.0 Å². The van der Waals surface area contributed by atoms with Crippen LogP contribution in [0.2, 0.25) is 0 Å². The maximum atomic E-state index is 12.5. The van der Waals surface area contributed by atoms with Gasteiger partial charge in [-0.25, -0.2) is 4.98 Å². The molecule has 0 spiro atoms. The van der Waals surface area contributed by atoms with Crippen molar-refractivity contribution in [2.75, 3.05) is 30.0 Å². The molecule has 0 aliphatic heterocycles. The van der Waals surface area contributed by atoms with Gasteiger partial charge in [-0.15, -0.1) is 0 Å². The number of thiazole rings is 1. The average Bonchev–Trinajstić information content (AvgIpc) is 2.78. The molecule has 5 nitrogen and oxygen atoms in total. The van der Waals surface area contributed by atoms with Gasteiger partial charge in [0.1, 0.15) is 10.7 Å². The summed E-state index contributed by atoms with van der Waals surface area (Å²) in [6.45, 7) is 4.01. The van der Waals surface area contributed by atoms with Gasteiger partial charge in [0.15, 0.2) is 5.13 Å². The van der Waals surface area contributed by atoms with E-state index in [1.807, 2.05) is 32.0 Å². The summed E-state index contributed by atoms with van der Waals surface area (Å²) in [7, 11) is 3.50. The summed E-state index contributed by atoms with van der Waals surface area (Å²) in [5.74, 6) is 0.120. The molecule has 0 unspecified atom stereocenters. The van der Waals surface area contributed by atoms with E-state index in [9.17, 15) is 4.79 Å². The number of nitrogen functional groups attached to an aromatic ring is 1. The van der Waals surface area contributed by atoms with Crippen LogP contribution < -0.4 is 16.0 Å². The molecule has 1 aromatic heterocycles. The minimum absolute atomic E-state index is 0.145. The van der Waals surface area contributed by atoms with E-state index in [1.54, 1.807) is 19.0 Å².